The number of rotatable bonds is 9. The van der Waals surface area contributed by atoms with E-state index in [0.717, 1.165) is 17.1 Å². The molecule has 1 amide bonds. The van der Waals surface area contributed by atoms with Crippen LogP contribution in [0.1, 0.15) is 50.9 Å². The maximum absolute atomic E-state index is 11.9. The van der Waals surface area contributed by atoms with Gasteiger partial charge in [0.25, 0.3) is 0 Å². The Morgan fingerprint density at radius 3 is 2.58 bits per heavy atom. The fraction of sp³-hybridized carbons (Fsp3) is 0.579. The maximum atomic E-state index is 11.9. The molecule has 146 valence electrons. The molecule has 0 aliphatic carbocycles. The van der Waals surface area contributed by atoms with Gasteiger partial charge in [-0.3, -0.25) is 0 Å². The Morgan fingerprint density at radius 2 is 1.96 bits per heavy atom. The number of amides is 1. The van der Waals surface area contributed by atoms with Crippen molar-refractivity contribution in [2.24, 2.45) is 0 Å². The summed E-state index contributed by atoms with van der Waals surface area (Å²) in [5.41, 5.74) is -0.125. The molecule has 1 rings (SSSR count). The van der Waals surface area contributed by atoms with Gasteiger partial charge in [0, 0.05) is 11.4 Å². The topological polar surface area (TPSA) is 73.9 Å². The van der Waals surface area contributed by atoms with Crippen LogP contribution >= 0.6 is 11.8 Å². The molecule has 1 N–H and O–H groups in total. The van der Waals surface area contributed by atoms with Crippen LogP contribution in [0.5, 0.6) is 5.75 Å². The summed E-state index contributed by atoms with van der Waals surface area (Å²) in [6.07, 6.45) is 1.20. The Morgan fingerprint density at radius 1 is 1.23 bits per heavy atom. The summed E-state index contributed by atoms with van der Waals surface area (Å²) >= 11 is 1.71. The number of ether oxygens (including phenoxy) is 3. The van der Waals surface area contributed by atoms with Crippen molar-refractivity contribution in [1.29, 1.82) is 0 Å². The smallest absolute Gasteiger partial charge is 0.407 e. The molecule has 0 bridgehead atoms. The summed E-state index contributed by atoms with van der Waals surface area (Å²) in [6.45, 7) is 8.34. The van der Waals surface area contributed by atoms with Gasteiger partial charge < -0.3 is 19.5 Å². The van der Waals surface area contributed by atoms with Crippen molar-refractivity contribution >= 4 is 23.8 Å². The summed E-state index contributed by atoms with van der Waals surface area (Å²) in [5.74, 6) is 1.06. The van der Waals surface area contributed by atoms with E-state index in [1.807, 2.05) is 32.9 Å². The van der Waals surface area contributed by atoms with Gasteiger partial charge in [-0.15, -0.1) is 11.8 Å². The van der Waals surface area contributed by atoms with E-state index in [0.29, 0.717) is 30.9 Å². The molecule has 26 heavy (non-hydrogen) atoms. The molecule has 6 nitrogen and oxygen atoms in total. The van der Waals surface area contributed by atoms with E-state index in [1.165, 1.54) is 7.11 Å². The molecular weight excluding hydrogens is 354 g/mol. The molecule has 0 spiro atoms. The lowest BCUT2D eigenvalue weighted by Gasteiger charge is -2.19. The second kappa shape index (κ2) is 11.0. The number of benzene rings is 1. The lowest BCUT2D eigenvalue weighted by Crippen LogP contribution is -2.33. The van der Waals surface area contributed by atoms with Gasteiger partial charge in [0.15, 0.2) is 0 Å². The summed E-state index contributed by atoms with van der Waals surface area (Å²) in [5, 5.41) is 2.68. The third kappa shape index (κ3) is 8.47. The molecule has 1 aromatic carbocycles. The highest BCUT2D eigenvalue weighted by molar-refractivity contribution is 7.99. The second-order valence-electron chi connectivity index (χ2n) is 6.63. The van der Waals surface area contributed by atoms with Gasteiger partial charge >= 0.3 is 12.1 Å². The van der Waals surface area contributed by atoms with E-state index in [2.05, 4.69) is 12.2 Å². The molecule has 0 atom stereocenters. The van der Waals surface area contributed by atoms with Gasteiger partial charge in [-0.05, 0) is 57.6 Å². The zero-order valence-corrected chi connectivity index (χ0v) is 17.0. The van der Waals surface area contributed by atoms with Crippen LogP contribution in [0.15, 0.2) is 23.1 Å². The van der Waals surface area contributed by atoms with Crippen LogP contribution in [0.4, 0.5) is 4.79 Å². The molecule has 0 aliphatic heterocycles. The molecular formula is C19H29NO5S. The van der Waals surface area contributed by atoms with Crippen molar-refractivity contribution in [1.82, 2.24) is 5.32 Å². The summed E-state index contributed by atoms with van der Waals surface area (Å²) < 4.78 is 15.7. The molecule has 0 heterocycles. The average Bonchev–Trinajstić information content (AvgIpc) is 2.57. The van der Waals surface area contributed by atoms with Gasteiger partial charge in [0.05, 0.1) is 13.7 Å². The van der Waals surface area contributed by atoms with Crippen LogP contribution < -0.4 is 10.1 Å². The fourth-order valence-electron chi connectivity index (χ4n) is 1.97. The SMILES string of the molecule is CCCSc1ccc(C(=O)OC)c(OCCCNC(=O)OC(C)(C)C)c1. The van der Waals surface area contributed by atoms with Crippen LogP contribution in [0.3, 0.4) is 0 Å². The van der Waals surface area contributed by atoms with E-state index in [9.17, 15) is 9.59 Å². The van der Waals surface area contributed by atoms with Crippen LogP contribution in [0.2, 0.25) is 0 Å². The van der Waals surface area contributed by atoms with E-state index >= 15 is 0 Å². The highest BCUT2D eigenvalue weighted by atomic mass is 32.2. The lowest BCUT2D eigenvalue weighted by molar-refractivity contribution is 0.0525. The van der Waals surface area contributed by atoms with Crippen molar-refractivity contribution in [2.75, 3.05) is 26.0 Å². The fourth-order valence-corrected chi connectivity index (χ4v) is 2.76. The van der Waals surface area contributed by atoms with E-state index in [1.54, 1.807) is 17.8 Å². The first-order valence-electron chi connectivity index (χ1n) is 8.71. The van der Waals surface area contributed by atoms with Crippen molar-refractivity contribution in [2.45, 2.75) is 51.0 Å². The maximum Gasteiger partial charge on any atom is 0.407 e. The molecule has 0 unspecified atom stereocenters. The van der Waals surface area contributed by atoms with Gasteiger partial charge in [0.1, 0.15) is 16.9 Å². The average molecular weight is 384 g/mol. The number of carbonyl (C=O) groups excluding carboxylic acids is 2. The molecule has 7 heteroatoms. The zero-order chi connectivity index (χ0) is 19.6. The molecule has 1 aromatic rings. The first-order chi connectivity index (χ1) is 12.3. The number of carbonyl (C=O) groups is 2. The predicted molar refractivity (Wildman–Crippen MR) is 103 cm³/mol. The second-order valence-corrected chi connectivity index (χ2v) is 7.80. The Balaban J connectivity index is 2.55. The van der Waals surface area contributed by atoms with Crippen LogP contribution in [0, 0.1) is 0 Å². The molecule has 0 aromatic heterocycles. The monoisotopic (exact) mass is 383 g/mol. The number of nitrogens with one attached hydrogen (secondary N) is 1. The minimum atomic E-state index is -0.521. The lowest BCUT2D eigenvalue weighted by atomic mass is 10.2. The Kier molecular flexibility index (Phi) is 9.34. The van der Waals surface area contributed by atoms with Gasteiger partial charge in [0.2, 0.25) is 0 Å². The first-order valence-corrected chi connectivity index (χ1v) is 9.70. The Bertz CT molecular complexity index is 598. The molecule has 0 saturated carbocycles. The normalized spacial score (nSPS) is 11.0. The third-order valence-electron chi connectivity index (χ3n) is 3.08. The first kappa shape index (κ1) is 22.2. The molecule has 0 fully saturated rings. The summed E-state index contributed by atoms with van der Waals surface area (Å²) in [4.78, 5) is 24.5. The third-order valence-corrected chi connectivity index (χ3v) is 4.28. The summed E-state index contributed by atoms with van der Waals surface area (Å²) in [6, 6.07) is 5.47. The number of esters is 1. The number of methoxy groups -OCH3 is 1. The standard InChI is InChI=1S/C19H29NO5S/c1-6-12-26-14-8-9-15(17(21)23-5)16(13-14)24-11-7-10-20-18(22)25-19(2,3)4/h8-9,13H,6-7,10-12H2,1-5H3,(H,20,22). The van der Waals surface area contributed by atoms with E-state index in [4.69, 9.17) is 14.2 Å². The van der Waals surface area contributed by atoms with E-state index < -0.39 is 17.7 Å². The number of hydrogen-bond acceptors (Lipinski definition) is 6. The summed E-state index contributed by atoms with van der Waals surface area (Å²) in [7, 11) is 1.34. The van der Waals surface area contributed by atoms with Gasteiger partial charge in [-0.25, -0.2) is 9.59 Å². The van der Waals surface area contributed by atoms with Gasteiger partial charge in [-0.1, -0.05) is 6.92 Å². The van der Waals surface area contributed by atoms with Crippen LogP contribution in [-0.4, -0.2) is 43.7 Å². The van der Waals surface area contributed by atoms with Crippen LogP contribution in [-0.2, 0) is 9.47 Å². The highest BCUT2D eigenvalue weighted by Crippen LogP contribution is 2.28. The number of thioether (sulfide) groups is 1. The molecule has 0 saturated heterocycles. The predicted octanol–water partition coefficient (Wildman–Crippen LogP) is 4.27. The minimum absolute atomic E-state index is 0.363. The Hall–Kier alpha value is -1.89. The minimum Gasteiger partial charge on any atom is -0.493 e. The zero-order valence-electron chi connectivity index (χ0n) is 16.2. The van der Waals surface area contributed by atoms with Gasteiger partial charge in [-0.2, -0.15) is 0 Å². The number of hydrogen-bond donors (Lipinski definition) is 1. The van der Waals surface area contributed by atoms with Crippen molar-refractivity contribution in [3.8, 4) is 5.75 Å². The quantitative estimate of drug-likeness (QED) is 0.390. The largest absolute Gasteiger partial charge is 0.493 e. The Labute approximate surface area is 160 Å². The van der Waals surface area contributed by atoms with Crippen molar-refractivity contribution < 1.29 is 23.8 Å². The van der Waals surface area contributed by atoms with E-state index in [-0.39, 0.29) is 0 Å². The van der Waals surface area contributed by atoms with Crippen molar-refractivity contribution in [3.05, 3.63) is 23.8 Å². The number of alkyl carbamates (subject to hydrolysis) is 1. The van der Waals surface area contributed by atoms with Crippen LogP contribution in [0.25, 0.3) is 0 Å². The molecule has 0 radical (unpaired) electrons. The van der Waals surface area contributed by atoms with Crippen molar-refractivity contribution in [3.63, 3.8) is 0 Å². The molecule has 0 aliphatic rings. The highest BCUT2D eigenvalue weighted by Gasteiger charge is 2.16.